The zero-order valence-electron chi connectivity index (χ0n) is 14.2. The highest BCUT2D eigenvalue weighted by atomic mass is 32.2. The Morgan fingerprint density at radius 3 is 2.81 bits per heavy atom. The molecule has 1 unspecified atom stereocenters. The van der Waals surface area contributed by atoms with Crippen LogP contribution in [0.4, 0.5) is 14.8 Å². The largest absolute Gasteiger partial charge is 0.423 e. The number of nitrogens with one attached hydrogen (secondary N) is 1. The highest BCUT2D eigenvalue weighted by molar-refractivity contribution is 7.89. The Kier molecular flexibility index (Phi) is 4.56. The van der Waals surface area contributed by atoms with Crippen molar-refractivity contribution in [3.63, 3.8) is 0 Å². The fourth-order valence-corrected chi connectivity index (χ4v) is 4.39. The molecule has 1 aromatic heterocycles. The molecule has 6 nitrogen and oxygen atoms in total. The molecule has 1 fully saturated rings. The maximum Gasteiger partial charge on any atom is 0.298 e. The molecule has 1 atom stereocenters. The van der Waals surface area contributed by atoms with Gasteiger partial charge in [0.05, 0.1) is 0 Å². The van der Waals surface area contributed by atoms with Crippen molar-refractivity contribution >= 4 is 27.1 Å². The van der Waals surface area contributed by atoms with Crippen LogP contribution in [0, 0.1) is 11.6 Å². The van der Waals surface area contributed by atoms with Crippen LogP contribution in [0.25, 0.3) is 11.1 Å². The standard InChI is InChI=1S/C18H17F2N3O3S/c19-12-7-8-17(14(20)10-12)27(24,25)21-11-13-4-3-9-23(13)18-22-15-5-1-2-6-16(15)26-18/h1-2,5-8,10,13,21H,3-4,9,11H2. The van der Waals surface area contributed by atoms with Crippen LogP contribution in [-0.4, -0.2) is 32.5 Å². The lowest BCUT2D eigenvalue weighted by atomic mass is 10.2. The molecule has 1 aliphatic heterocycles. The van der Waals surface area contributed by atoms with E-state index in [1.165, 1.54) is 0 Å². The van der Waals surface area contributed by atoms with E-state index in [1.807, 2.05) is 29.2 Å². The van der Waals surface area contributed by atoms with Gasteiger partial charge >= 0.3 is 0 Å². The van der Waals surface area contributed by atoms with Crippen LogP contribution in [-0.2, 0) is 10.0 Å². The zero-order valence-corrected chi connectivity index (χ0v) is 15.0. The van der Waals surface area contributed by atoms with E-state index in [0.29, 0.717) is 24.2 Å². The number of hydrogen-bond donors (Lipinski definition) is 1. The highest BCUT2D eigenvalue weighted by Crippen LogP contribution is 2.28. The van der Waals surface area contributed by atoms with Gasteiger partial charge in [0.15, 0.2) is 5.58 Å². The average molecular weight is 393 g/mol. The van der Waals surface area contributed by atoms with Crippen molar-refractivity contribution in [1.82, 2.24) is 9.71 Å². The summed E-state index contributed by atoms with van der Waals surface area (Å²) in [5.41, 5.74) is 1.39. The van der Waals surface area contributed by atoms with Crippen molar-refractivity contribution < 1.29 is 21.6 Å². The number of rotatable bonds is 5. The van der Waals surface area contributed by atoms with Crippen LogP contribution in [0.1, 0.15) is 12.8 Å². The van der Waals surface area contributed by atoms with Crippen LogP contribution < -0.4 is 9.62 Å². The van der Waals surface area contributed by atoms with Gasteiger partial charge in [0.25, 0.3) is 6.01 Å². The van der Waals surface area contributed by atoms with Gasteiger partial charge in [-0.2, -0.15) is 4.98 Å². The highest BCUT2D eigenvalue weighted by Gasteiger charge is 2.30. The van der Waals surface area contributed by atoms with Crippen molar-refractivity contribution in [2.24, 2.45) is 0 Å². The normalized spacial score (nSPS) is 17.7. The SMILES string of the molecule is O=S(=O)(NCC1CCCN1c1nc2ccccc2o1)c1ccc(F)cc1F. The molecule has 1 saturated heterocycles. The summed E-state index contributed by atoms with van der Waals surface area (Å²) in [6.07, 6.45) is 1.60. The summed E-state index contributed by atoms with van der Waals surface area (Å²) in [7, 11) is -4.09. The summed E-state index contributed by atoms with van der Waals surface area (Å²) in [6, 6.07) is 10.0. The average Bonchev–Trinajstić information content (AvgIpc) is 3.26. The molecular formula is C18H17F2N3O3S. The smallest absolute Gasteiger partial charge is 0.298 e. The molecule has 2 heterocycles. The fourth-order valence-electron chi connectivity index (χ4n) is 3.26. The Balaban J connectivity index is 1.51. The van der Waals surface area contributed by atoms with Crippen molar-refractivity contribution in [2.75, 3.05) is 18.0 Å². The minimum Gasteiger partial charge on any atom is -0.423 e. The van der Waals surface area contributed by atoms with E-state index in [0.717, 1.165) is 30.5 Å². The van der Waals surface area contributed by atoms with E-state index >= 15 is 0 Å². The van der Waals surface area contributed by atoms with Gasteiger partial charge in [0.2, 0.25) is 10.0 Å². The minimum atomic E-state index is -4.09. The minimum absolute atomic E-state index is 0.0673. The Morgan fingerprint density at radius 1 is 1.22 bits per heavy atom. The topological polar surface area (TPSA) is 75.4 Å². The third-order valence-electron chi connectivity index (χ3n) is 4.60. The van der Waals surface area contributed by atoms with Gasteiger partial charge in [-0.1, -0.05) is 12.1 Å². The monoisotopic (exact) mass is 393 g/mol. The first kappa shape index (κ1) is 17.9. The first-order chi connectivity index (χ1) is 12.9. The summed E-state index contributed by atoms with van der Waals surface area (Å²) < 4.78 is 59.8. The zero-order chi connectivity index (χ0) is 19.0. The van der Waals surface area contributed by atoms with Crippen LogP contribution in [0.3, 0.4) is 0 Å². The molecule has 0 spiro atoms. The van der Waals surface area contributed by atoms with E-state index in [-0.39, 0.29) is 12.6 Å². The van der Waals surface area contributed by atoms with E-state index in [4.69, 9.17) is 4.42 Å². The van der Waals surface area contributed by atoms with Gasteiger partial charge < -0.3 is 9.32 Å². The Bertz CT molecular complexity index is 1050. The second-order valence-electron chi connectivity index (χ2n) is 6.38. The number of para-hydroxylation sites is 2. The molecule has 1 N–H and O–H groups in total. The van der Waals surface area contributed by atoms with Crippen molar-refractivity contribution in [3.05, 3.63) is 54.1 Å². The first-order valence-electron chi connectivity index (χ1n) is 8.51. The quantitative estimate of drug-likeness (QED) is 0.721. The number of anilines is 1. The molecule has 0 radical (unpaired) electrons. The fraction of sp³-hybridized carbons (Fsp3) is 0.278. The number of fused-ring (bicyclic) bond motifs is 1. The van der Waals surface area contributed by atoms with Crippen LogP contribution in [0.5, 0.6) is 0 Å². The summed E-state index contributed by atoms with van der Waals surface area (Å²) >= 11 is 0. The van der Waals surface area contributed by atoms with Crippen molar-refractivity contribution in [3.8, 4) is 0 Å². The van der Waals surface area contributed by atoms with Gasteiger partial charge in [0.1, 0.15) is 22.0 Å². The van der Waals surface area contributed by atoms with Crippen LogP contribution >= 0.6 is 0 Å². The van der Waals surface area contributed by atoms with Gasteiger partial charge in [-0.05, 0) is 37.1 Å². The number of hydrogen-bond acceptors (Lipinski definition) is 5. The molecule has 0 saturated carbocycles. The molecular weight excluding hydrogens is 376 g/mol. The van der Waals surface area contributed by atoms with Gasteiger partial charge in [-0.3, -0.25) is 0 Å². The molecule has 142 valence electrons. The van der Waals surface area contributed by atoms with E-state index in [9.17, 15) is 17.2 Å². The van der Waals surface area contributed by atoms with E-state index < -0.39 is 26.6 Å². The molecule has 4 rings (SSSR count). The predicted molar refractivity (Wildman–Crippen MR) is 95.9 cm³/mol. The molecule has 2 aromatic carbocycles. The lowest BCUT2D eigenvalue weighted by Crippen LogP contribution is -2.40. The first-order valence-corrected chi connectivity index (χ1v) is 9.99. The van der Waals surface area contributed by atoms with Gasteiger partial charge in [-0.25, -0.2) is 21.9 Å². The summed E-state index contributed by atoms with van der Waals surface area (Å²) in [4.78, 5) is 5.78. The van der Waals surface area contributed by atoms with Crippen molar-refractivity contribution in [1.29, 1.82) is 0 Å². The maximum atomic E-state index is 13.8. The third-order valence-corrected chi connectivity index (χ3v) is 6.05. The molecule has 0 amide bonds. The number of halogens is 2. The second kappa shape index (κ2) is 6.90. The lowest BCUT2D eigenvalue weighted by molar-refractivity contribution is 0.525. The molecule has 3 aromatic rings. The number of oxazole rings is 1. The second-order valence-corrected chi connectivity index (χ2v) is 8.12. The Hall–Kier alpha value is -2.52. The predicted octanol–water partition coefficient (Wildman–Crippen LogP) is 3.05. The lowest BCUT2D eigenvalue weighted by Gasteiger charge is -2.23. The van der Waals surface area contributed by atoms with Crippen molar-refractivity contribution in [2.45, 2.75) is 23.8 Å². The molecule has 0 aliphatic carbocycles. The molecule has 1 aliphatic rings. The van der Waals surface area contributed by atoms with Crippen LogP contribution in [0.2, 0.25) is 0 Å². The van der Waals surface area contributed by atoms with E-state index in [1.54, 1.807) is 0 Å². The summed E-state index contributed by atoms with van der Waals surface area (Å²) in [5.74, 6) is -1.95. The number of benzene rings is 2. The Morgan fingerprint density at radius 2 is 2.04 bits per heavy atom. The van der Waals surface area contributed by atoms with Gasteiger partial charge in [0, 0.05) is 25.2 Å². The number of aromatic nitrogens is 1. The number of nitrogens with zero attached hydrogens (tertiary/aromatic N) is 2. The van der Waals surface area contributed by atoms with E-state index in [2.05, 4.69) is 9.71 Å². The maximum absolute atomic E-state index is 13.8. The third kappa shape index (κ3) is 3.52. The Labute approximate surface area is 154 Å². The summed E-state index contributed by atoms with van der Waals surface area (Å²) in [6.45, 7) is 0.752. The van der Waals surface area contributed by atoms with Crippen LogP contribution in [0.15, 0.2) is 51.8 Å². The number of sulfonamides is 1. The molecule has 27 heavy (non-hydrogen) atoms. The molecule has 0 bridgehead atoms. The summed E-state index contributed by atoms with van der Waals surface area (Å²) in [5, 5.41) is 0. The van der Waals surface area contributed by atoms with Gasteiger partial charge in [-0.15, -0.1) is 0 Å². The molecule has 9 heteroatoms.